The van der Waals surface area contributed by atoms with Crippen molar-refractivity contribution >= 4 is 28.0 Å². The molecular formula is C20H20FNO2S. The molecule has 5 heteroatoms. The average Bonchev–Trinajstić information content (AvgIpc) is 2.84. The van der Waals surface area contributed by atoms with Gasteiger partial charge in [0.2, 0.25) is 0 Å². The first-order valence-electron chi connectivity index (χ1n) is 7.98. The summed E-state index contributed by atoms with van der Waals surface area (Å²) in [6.07, 6.45) is 4.36. The summed E-state index contributed by atoms with van der Waals surface area (Å²) in [4.78, 5) is 5.51. The molecule has 2 aromatic rings. The lowest BCUT2D eigenvalue weighted by atomic mass is 10.0. The van der Waals surface area contributed by atoms with Crippen molar-refractivity contribution in [1.82, 2.24) is 0 Å². The van der Waals surface area contributed by atoms with Crippen molar-refractivity contribution in [1.29, 1.82) is 0 Å². The van der Waals surface area contributed by atoms with Gasteiger partial charge in [-0.3, -0.25) is 4.21 Å². The summed E-state index contributed by atoms with van der Waals surface area (Å²) < 4.78 is 25.3. The van der Waals surface area contributed by atoms with E-state index in [1.165, 1.54) is 6.07 Å². The Morgan fingerprint density at radius 2 is 1.88 bits per heavy atom. The van der Waals surface area contributed by atoms with Crippen LogP contribution in [0.3, 0.4) is 0 Å². The third-order valence-electron chi connectivity index (χ3n) is 4.45. The Morgan fingerprint density at radius 1 is 1.16 bits per heavy atom. The maximum absolute atomic E-state index is 13.7. The molecule has 0 spiro atoms. The van der Waals surface area contributed by atoms with Gasteiger partial charge in [0.05, 0.1) is 6.61 Å². The molecule has 25 heavy (non-hydrogen) atoms. The van der Waals surface area contributed by atoms with Gasteiger partial charge in [-0.1, -0.05) is 18.2 Å². The molecule has 0 saturated heterocycles. The molecule has 3 nitrogen and oxygen atoms in total. The second kappa shape index (κ2) is 7.44. The first-order valence-corrected chi connectivity index (χ1v) is 9.54. The Balaban J connectivity index is 2.05. The van der Waals surface area contributed by atoms with Crippen LogP contribution in [-0.2, 0) is 15.6 Å². The highest BCUT2D eigenvalue weighted by molar-refractivity contribution is 7.84. The van der Waals surface area contributed by atoms with E-state index in [1.54, 1.807) is 12.3 Å². The van der Waals surface area contributed by atoms with Crippen LogP contribution in [0.15, 0.2) is 52.9 Å². The number of hydrogen-bond acceptors (Lipinski definition) is 3. The summed E-state index contributed by atoms with van der Waals surface area (Å²) in [6.45, 7) is 2.41. The maximum atomic E-state index is 13.7. The Kier molecular flexibility index (Phi) is 5.27. The average molecular weight is 357 g/mol. The van der Waals surface area contributed by atoms with E-state index in [1.807, 2.05) is 37.3 Å². The SMILES string of the molecule is CC1=C(CCON)c2cc(F)ccc2/C1=C\c1ccc(S(C)=O)cc1. The molecule has 1 unspecified atom stereocenters. The fraction of sp³-hybridized carbons (Fsp3) is 0.200. The molecule has 1 atom stereocenters. The largest absolute Gasteiger partial charge is 0.304 e. The lowest BCUT2D eigenvalue weighted by Gasteiger charge is -2.05. The second-order valence-corrected chi connectivity index (χ2v) is 7.38. The number of hydrogen-bond donors (Lipinski definition) is 1. The third kappa shape index (κ3) is 3.63. The van der Waals surface area contributed by atoms with Crippen LogP contribution in [0.5, 0.6) is 0 Å². The van der Waals surface area contributed by atoms with Gasteiger partial charge in [0.1, 0.15) is 5.82 Å². The van der Waals surface area contributed by atoms with Crippen LogP contribution in [0.4, 0.5) is 4.39 Å². The van der Waals surface area contributed by atoms with Gasteiger partial charge in [0.15, 0.2) is 0 Å². The van der Waals surface area contributed by atoms with Gasteiger partial charge in [-0.05, 0) is 77.1 Å². The van der Waals surface area contributed by atoms with Gasteiger partial charge >= 0.3 is 0 Å². The van der Waals surface area contributed by atoms with Gasteiger partial charge in [0.25, 0.3) is 0 Å². The molecule has 1 aliphatic rings. The predicted octanol–water partition coefficient (Wildman–Crippen LogP) is 4.17. The van der Waals surface area contributed by atoms with Gasteiger partial charge < -0.3 is 4.84 Å². The second-order valence-electron chi connectivity index (χ2n) is 6.00. The van der Waals surface area contributed by atoms with Crippen LogP contribution < -0.4 is 5.90 Å². The van der Waals surface area contributed by atoms with Crippen molar-refractivity contribution in [2.45, 2.75) is 18.2 Å². The van der Waals surface area contributed by atoms with Crippen LogP contribution in [0.25, 0.3) is 17.2 Å². The molecule has 0 heterocycles. The normalized spacial score (nSPS) is 16.4. The van der Waals surface area contributed by atoms with Gasteiger partial charge in [-0.25, -0.2) is 10.3 Å². The number of rotatable bonds is 5. The maximum Gasteiger partial charge on any atom is 0.123 e. The summed E-state index contributed by atoms with van der Waals surface area (Å²) in [5.41, 5.74) is 6.13. The minimum atomic E-state index is -0.994. The molecule has 0 aromatic heterocycles. The highest BCUT2D eigenvalue weighted by Crippen LogP contribution is 2.43. The van der Waals surface area contributed by atoms with Gasteiger partial charge in [-0.15, -0.1) is 0 Å². The van der Waals surface area contributed by atoms with Crippen LogP contribution >= 0.6 is 0 Å². The molecule has 2 aromatic carbocycles. The lowest BCUT2D eigenvalue weighted by molar-refractivity contribution is 0.144. The van der Waals surface area contributed by atoms with Gasteiger partial charge in [-0.2, -0.15) is 0 Å². The zero-order valence-corrected chi connectivity index (χ0v) is 15.0. The van der Waals surface area contributed by atoms with E-state index in [0.717, 1.165) is 38.3 Å². The first kappa shape index (κ1) is 17.7. The highest BCUT2D eigenvalue weighted by atomic mass is 32.2. The van der Waals surface area contributed by atoms with Crippen molar-refractivity contribution in [3.05, 3.63) is 70.5 Å². The minimum absolute atomic E-state index is 0.256. The van der Waals surface area contributed by atoms with Crippen molar-refractivity contribution < 1.29 is 13.4 Å². The number of allylic oxidation sites excluding steroid dienone is 2. The molecule has 2 N–H and O–H groups in total. The predicted molar refractivity (Wildman–Crippen MR) is 100 cm³/mol. The van der Waals surface area contributed by atoms with E-state index < -0.39 is 10.8 Å². The van der Waals surface area contributed by atoms with Crippen LogP contribution in [-0.4, -0.2) is 17.1 Å². The lowest BCUT2D eigenvalue weighted by Crippen LogP contribution is -2.01. The van der Waals surface area contributed by atoms with E-state index >= 15 is 0 Å². The Morgan fingerprint density at radius 3 is 2.52 bits per heavy atom. The Labute approximate surface area is 149 Å². The summed E-state index contributed by atoms with van der Waals surface area (Å²) >= 11 is 0. The zero-order chi connectivity index (χ0) is 18.0. The van der Waals surface area contributed by atoms with Crippen molar-refractivity contribution in [2.24, 2.45) is 5.90 Å². The summed E-state index contributed by atoms with van der Waals surface area (Å²) in [7, 11) is -0.994. The monoisotopic (exact) mass is 357 g/mol. The number of nitrogens with two attached hydrogens (primary N) is 1. The Bertz CT molecular complexity index is 885. The van der Waals surface area contributed by atoms with Gasteiger partial charge in [0, 0.05) is 22.0 Å². The van der Waals surface area contributed by atoms with E-state index in [0.29, 0.717) is 13.0 Å². The third-order valence-corrected chi connectivity index (χ3v) is 5.38. The molecule has 0 amide bonds. The summed E-state index contributed by atoms with van der Waals surface area (Å²) in [6, 6.07) is 12.5. The molecule has 1 aliphatic carbocycles. The fourth-order valence-electron chi connectivity index (χ4n) is 3.16. The van der Waals surface area contributed by atoms with Crippen LogP contribution in [0.2, 0.25) is 0 Å². The van der Waals surface area contributed by atoms with Crippen LogP contribution in [0, 0.1) is 5.82 Å². The molecule has 0 bridgehead atoms. The standard InChI is InChI=1S/C20H20FNO2S/c1-13-17(9-10-24-22)20-12-15(21)5-8-18(20)19(13)11-14-3-6-16(7-4-14)25(2)23/h3-8,11-12H,9-10,22H2,1-2H3/b19-11-. The summed E-state index contributed by atoms with van der Waals surface area (Å²) in [5, 5.41) is 0. The van der Waals surface area contributed by atoms with Crippen LogP contribution in [0.1, 0.15) is 30.0 Å². The molecule has 3 rings (SSSR count). The number of halogens is 1. The van der Waals surface area contributed by atoms with Crippen molar-refractivity contribution in [3.63, 3.8) is 0 Å². The van der Waals surface area contributed by atoms with E-state index in [2.05, 4.69) is 6.08 Å². The smallest absolute Gasteiger partial charge is 0.123 e. The fourth-order valence-corrected chi connectivity index (χ4v) is 3.68. The first-order chi connectivity index (χ1) is 12.0. The molecule has 0 aliphatic heterocycles. The minimum Gasteiger partial charge on any atom is -0.304 e. The van der Waals surface area contributed by atoms with Crippen molar-refractivity contribution in [2.75, 3.05) is 12.9 Å². The van der Waals surface area contributed by atoms with E-state index in [4.69, 9.17) is 10.7 Å². The number of benzene rings is 2. The van der Waals surface area contributed by atoms with Crippen molar-refractivity contribution in [3.8, 4) is 0 Å². The molecule has 130 valence electrons. The topological polar surface area (TPSA) is 52.3 Å². The molecule has 0 radical (unpaired) electrons. The molecule has 0 fully saturated rings. The highest BCUT2D eigenvalue weighted by Gasteiger charge is 2.23. The Hall–Kier alpha value is -2.08. The zero-order valence-electron chi connectivity index (χ0n) is 14.2. The molecular weight excluding hydrogens is 337 g/mol. The number of fused-ring (bicyclic) bond motifs is 1. The van der Waals surface area contributed by atoms with E-state index in [-0.39, 0.29) is 5.82 Å². The summed E-state index contributed by atoms with van der Waals surface area (Å²) in [5.74, 6) is 4.91. The van der Waals surface area contributed by atoms with E-state index in [9.17, 15) is 8.60 Å². The molecule has 0 saturated carbocycles. The quantitative estimate of drug-likeness (QED) is 0.817.